The van der Waals surface area contributed by atoms with Crippen LogP contribution < -0.4 is 10.2 Å². The van der Waals surface area contributed by atoms with Crippen LogP contribution in [0.5, 0.6) is 0 Å². The number of anilines is 2. The highest BCUT2D eigenvalue weighted by atomic mass is 32.2. The summed E-state index contributed by atoms with van der Waals surface area (Å²) in [5.41, 5.74) is 2.82. The quantitative estimate of drug-likeness (QED) is 0.791. The molecule has 0 spiro atoms. The van der Waals surface area contributed by atoms with Crippen molar-refractivity contribution in [3.05, 3.63) is 29.6 Å². The van der Waals surface area contributed by atoms with Crippen LogP contribution in [-0.4, -0.2) is 57.8 Å². The minimum absolute atomic E-state index is 0.196. The first kappa shape index (κ1) is 18.7. The molecule has 9 heteroatoms. The van der Waals surface area contributed by atoms with Gasteiger partial charge < -0.3 is 15.0 Å². The first-order valence-electron chi connectivity index (χ1n) is 10.1. The Bertz CT molecular complexity index is 1070. The molecule has 3 aliphatic rings. The fourth-order valence-electron chi connectivity index (χ4n) is 4.37. The standard InChI is InChI=1S/C20H26N6O2S/c1-13-12-28-10-9-26(13)17-11-16(20(5-6-20)29(2,21)27)24-19(25-17)15-4-8-23-18-14(15)3-7-22-18/h4,8,11,13,21H,3,5-7,9-10,12H2,1-2H3,(H,22,23)/t13-,29-/m1/s1. The summed E-state index contributed by atoms with van der Waals surface area (Å²) in [7, 11) is -2.77. The number of rotatable bonds is 4. The Labute approximate surface area is 171 Å². The van der Waals surface area contributed by atoms with E-state index in [1.807, 2.05) is 12.1 Å². The van der Waals surface area contributed by atoms with Crippen LogP contribution in [0.2, 0.25) is 0 Å². The summed E-state index contributed by atoms with van der Waals surface area (Å²) in [4.78, 5) is 16.5. The van der Waals surface area contributed by atoms with Gasteiger partial charge in [0.25, 0.3) is 0 Å². The third-order valence-electron chi connectivity index (χ3n) is 6.26. The van der Waals surface area contributed by atoms with Crippen molar-refractivity contribution in [2.45, 2.75) is 37.0 Å². The molecule has 8 nitrogen and oxygen atoms in total. The lowest BCUT2D eigenvalue weighted by molar-refractivity contribution is 0.0985. The van der Waals surface area contributed by atoms with E-state index in [4.69, 9.17) is 19.5 Å². The van der Waals surface area contributed by atoms with Crippen LogP contribution >= 0.6 is 0 Å². The fourth-order valence-corrected chi connectivity index (χ4v) is 5.76. The monoisotopic (exact) mass is 414 g/mol. The van der Waals surface area contributed by atoms with Crippen LogP contribution in [0.25, 0.3) is 11.4 Å². The third-order valence-corrected chi connectivity index (χ3v) is 8.36. The molecule has 4 heterocycles. The van der Waals surface area contributed by atoms with Gasteiger partial charge in [0, 0.05) is 42.7 Å². The van der Waals surface area contributed by atoms with Gasteiger partial charge in [0.2, 0.25) is 0 Å². The molecule has 29 heavy (non-hydrogen) atoms. The molecule has 1 saturated heterocycles. The molecule has 0 radical (unpaired) electrons. The maximum Gasteiger partial charge on any atom is 0.162 e. The van der Waals surface area contributed by atoms with Crippen LogP contribution in [-0.2, 0) is 25.6 Å². The lowest BCUT2D eigenvalue weighted by Crippen LogP contribution is -2.44. The SMILES string of the molecule is C[C@@H]1COCCN1c1cc(C2([S@](C)(=N)=O)CC2)nc(-c2ccnc3c2CCN3)n1. The number of pyridine rings is 1. The van der Waals surface area contributed by atoms with Crippen molar-refractivity contribution < 1.29 is 8.95 Å². The summed E-state index contributed by atoms with van der Waals surface area (Å²) in [5.74, 6) is 2.35. The highest BCUT2D eigenvalue weighted by molar-refractivity contribution is 7.92. The van der Waals surface area contributed by atoms with E-state index in [0.717, 1.165) is 60.8 Å². The van der Waals surface area contributed by atoms with E-state index in [0.29, 0.717) is 19.0 Å². The van der Waals surface area contributed by atoms with Gasteiger partial charge in [-0.3, -0.25) is 4.78 Å². The fraction of sp³-hybridized carbons (Fsp3) is 0.550. The van der Waals surface area contributed by atoms with Gasteiger partial charge in [-0.25, -0.2) is 19.2 Å². The Morgan fingerprint density at radius 2 is 2.21 bits per heavy atom. The lowest BCUT2D eigenvalue weighted by Gasteiger charge is -2.35. The van der Waals surface area contributed by atoms with Crippen LogP contribution in [0.4, 0.5) is 11.6 Å². The molecular weight excluding hydrogens is 388 g/mol. The van der Waals surface area contributed by atoms with Gasteiger partial charge in [-0.1, -0.05) is 0 Å². The number of nitrogens with zero attached hydrogens (tertiary/aromatic N) is 4. The van der Waals surface area contributed by atoms with Crippen molar-refractivity contribution in [3.8, 4) is 11.4 Å². The molecule has 154 valence electrons. The zero-order valence-electron chi connectivity index (χ0n) is 16.8. The average molecular weight is 415 g/mol. The molecule has 2 aromatic heterocycles. The third kappa shape index (κ3) is 3.07. The van der Waals surface area contributed by atoms with Crippen molar-refractivity contribution in [1.29, 1.82) is 4.78 Å². The maximum atomic E-state index is 12.8. The first-order chi connectivity index (χ1) is 13.9. The molecule has 2 aliphatic heterocycles. The molecule has 2 atom stereocenters. The summed E-state index contributed by atoms with van der Waals surface area (Å²) in [6, 6.07) is 4.11. The first-order valence-corrected chi connectivity index (χ1v) is 12.1. The molecule has 0 bridgehead atoms. The molecule has 2 N–H and O–H groups in total. The number of morpholine rings is 1. The van der Waals surface area contributed by atoms with Gasteiger partial charge >= 0.3 is 0 Å². The summed E-state index contributed by atoms with van der Waals surface area (Å²) >= 11 is 0. The predicted octanol–water partition coefficient (Wildman–Crippen LogP) is 2.40. The molecule has 2 fully saturated rings. The molecule has 2 aromatic rings. The van der Waals surface area contributed by atoms with Gasteiger partial charge in [0.15, 0.2) is 5.82 Å². The zero-order chi connectivity index (χ0) is 20.2. The second-order valence-corrected chi connectivity index (χ2v) is 10.7. The van der Waals surface area contributed by atoms with E-state index in [9.17, 15) is 4.21 Å². The average Bonchev–Trinajstić information content (AvgIpc) is 3.39. The number of hydrogen-bond acceptors (Lipinski definition) is 8. The van der Waals surface area contributed by atoms with E-state index in [2.05, 4.69) is 22.1 Å². The van der Waals surface area contributed by atoms with E-state index >= 15 is 0 Å². The summed E-state index contributed by atoms with van der Waals surface area (Å²) in [6.45, 7) is 5.03. The topological polar surface area (TPSA) is 104 Å². The van der Waals surface area contributed by atoms with Gasteiger partial charge in [0.05, 0.1) is 39.4 Å². The second-order valence-electron chi connectivity index (χ2n) is 8.25. The number of ether oxygens (including phenoxy) is 1. The Kier molecular flexibility index (Phi) is 4.29. The van der Waals surface area contributed by atoms with E-state index in [1.54, 1.807) is 6.20 Å². The van der Waals surface area contributed by atoms with Crippen LogP contribution in [0.15, 0.2) is 18.3 Å². The Morgan fingerprint density at radius 3 is 2.93 bits per heavy atom. The van der Waals surface area contributed by atoms with Crippen molar-refractivity contribution in [2.75, 3.05) is 42.8 Å². The Morgan fingerprint density at radius 1 is 1.38 bits per heavy atom. The summed E-state index contributed by atoms with van der Waals surface area (Å²) in [5, 5.41) is 3.31. The predicted molar refractivity (Wildman–Crippen MR) is 113 cm³/mol. The van der Waals surface area contributed by atoms with Gasteiger partial charge in [-0.15, -0.1) is 0 Å². The highest BCUT2D eigenvalue weighted by Crippen LogP contribution is 2.52. The van der Waals surface area contributed by atoms with Crippen LogP contribution in [0.3, 0.4) is 0 Å². The smallest absolute Gasteiger partial charge is 0.162 e. The number of hydrogen-bond donors (Lipinski definition) is 2. The Hall–Kier alpha value is -2.26. The van der Waals surface area contributed by atoms with E-state index in [1.165, 1.54) is 6.26 Å². The van der Waals surface area contributed by atoms with E-state index < -0.39 is 14.5 Å². The van der Waals surface area contributed by atoms with Crippen molar-refractivity contribution in [1.82, 2.24) is 15.0 Å². The minimum Gasteiger partial charge on any atom is -0.377 e. The molecule has 0 aromatic carbocycles. The number of fused-ring (bicyclic) bond motifs is 1. The number of aromatic nitrogens is 3. The summed E-state index contributed by atoms with van der Waals surface area (Å²) in [6.07, 6.45) is 5.66. The molecule has 1 saturated carbocycles. The van der Waals surface area contributed by atoms with Crippen molar-refractivity contribution in [3.63, 3.8) is 0 Å². The van der Waals surface area contributed by atoms with Gasteiger partial charge in [-0.2, -0.15) is 0 Å². The highest BCUT2D eigenvalue weighted by Gasteiger charge is 2.53. The van der Waals surface area contributed by atoms with Crippen molar-refractivity contribution >= 4 is 21.4 Å². The van der Waals surface area contributed by atoms with Crippen LogP contribution in [0, 0.1) is 4.78 Å². The van der Waals surface area contributed by atoms with E-state index in [-0.39, 0.29) is 6.04 Å². The Balaban J connectivity index is 1.68. The largest absolute Gasteiger partial charge is 0.377 e. The van der Waals surface area contributed by atoms with Gasteiger partial charge in [-0.05, 0) is 32.3 Å². The zero-order valence-corrected chi connectivity index (χ0v) is 17.6. The summed E-state index contributed by atoms with van der Waals surface area (Å²) < 4.78 is 26.0. The maximum absolute atomic E-state index is 12.8. The number of nitrogens with one attached hydrogen (secondary N) is 2. The second kappa shape index (κ2) is 6.63. The van der Waals surface area contributed by atoms with Crippen LogP contribution in [0.1, 0.15) is 31.0 Å². The van der Waals surface area contributed by atoms with Gasteiger partial charge in [0.1, 0.15) is 11.6 Å². The molecular formula is C20H26N6O2S. The molecule has 0 amide bonds. The van der Waals surface area contributed by atoms with Crippen molar-refractivity contribution in [2.24, 2.45) is 0 Å². The normalized spacial score (nSPS) is 24.5. The molecule has 0 unspecified atom stereocenters. The minimum atomic E-state index is -2.77. The molecule has 5 rings (SSSR count). The molecule has 1 aliphatic carbocycles. The lowest BCUT2D eigenvalue weighted by atomic mass is 10.1.